The van der Waals surface area contributed by atoms with E-state index in [4.69, 9.17) is 9.72 Å². The Balaban J connectivity index is 1.68. The Labute approximate surface area is 135 Å². The fraction of sp³-hybridized carbons (Fsp3) is 0.500. The van der Waals surface area contributed by atoms with E-state index in [-0.39, 0.29) is 0 Å². The number of anilines is 2. The van der Waals surface area contributed by atoms with Crippen molar-refractivity contribution in [1.29, 1.82) is 0 Å². The molecule has 0 radical (unpaired) electrons. The summed E-state index contributed by atoms with van der Waals surface area (Å²) in [6.07, 6.45) is 5.50. The highest BCUT2D eigenvalue weighted by atomic mass is 32.1. The second-order valence-corrected chi connectivity index (χ2v) is 6.32. The van der Waals surface area contributed by atoms with Crippen molar-refractivity contribution in [3.8, 4) is 0 Å². The minimum Gasteiger partial charge on any atom is -0.383 e. The van der Waals surface area contributed by atoms with Crippen LogP contribution in [-0.4, -0.2) is 41.7 Å². The average molecular weight is 318 g/mol. The lowest BCUT2D eigenvalue weighted by atomic mass is 10.00. The summed E-state index contributed by atoms with van der Waals surface area (Å²) in [6, 6.07) is 6.25. The molecule has 1 N–H and O–H groups in total. The Morgan fingerprint density at radius 3 is 3.18 bits per heavy atom. The quantitative estimate of drug-likeness (QED) is 0.884. The third kappa shape index (κ3) is 3.82. The molecule has 2 aromatic heterocycles. The summed E-state index contributed by atoms with van der Waals surface area (Å²) < 4.78 is 5.23. The number of likely N-dealkylation sites (tertiary alicyclic amines) is 1. The second-order valence-electron chi connectivity index (χ2n) is 5.46. The van der Waals surface area contributed by atoms with Gasteiger partial charge in [0.05, 0.1) is 18.3 Å². The topological polar surface area (TPSA) is 50.3 Å². The van der Waals surface area contributed by atoms with Crippen LogP contribution in [0.1, 0.15) is 31.0 Å². The van der Waals surface area contributed by atoms with Gasteiger partial charge in [-0.3, -0.25) is 4.90 Å². The average Bonchev–Trinajstić information content (AvgIpc) is 3.02. The van der Waals surface area contributed by atoms with Crippen molar-refractivity contribution in [2.75, 3.05) is 32.1 Å². The molecule has 22 heavy (non-hydrogen) atoms. The highest BCUT2D eigenvalue weighted by molar-refractivity contribution is 7.13. The molecule has 0 spiro atoms. The molecule has 0 aliphatic carbocycles. The molecule has 3 rings (SSSR count). The van der Waals surface area contributed by atoms with Gasteiger partial charge in [0.1, 0.15) is 5.82 Å². The van der Waals surface area contributed by atoms with Gasteiger partial charge in [-0.05, 0) is 31.5 Å². The van der Waals surface area contributed by atoms with Crippen molar-refractivity contribution in [3.63, 3.8) is 0 Å². The summed E-state index contributed by atoms with van der Waals surface area (Å²) in [7, 11) is 1.76. The Hall–Kier alpha value is -1.50. The van der Waals surface area contributed by atoms with Crippen molar-refractivity contribution >= 4 is 22.3 Å². The summed E-state index contributed by atoms with van der Waals surface area (Å²) >= 11 is 1.64. The number of hydrogen-bond donors (Lipinski definition) is 1. The third-order valence-corrected chi connectivity index (χ3v) is 4.74. The molecular weight excluding hydrogens is 296 g/mol. The molecule has 1 aliphatic heterocycles. The largest absolute Gasteiger partial charge is 0.383 e. The van der Waals surface area contributed by atoms with Gasteiger partial charge >= 0.3 is 0 Å². The smallest absolute Gasteiger partial charge is 0.188 e. The summed E-state index contributed by atoms with van der Waals surface area (Å²) in [6.45, 7) is 2.88. The first kappa shape index (κ1) is 15.4. The lowest BCUT2D eigenvalue weighted by molar-refractivity contribution is 0.0946. The first-order valence-corrected chi connectivity index (χ1v) is 8.61. The lowest BCUT2D eigenvalue weighted by Crippen LogP contribution is -2.35. The van der Waals surface area contributed by atoms with Crippen molar-refractivity contribution in [1.82, 2.24) is 14.9 Å². The number of hydrogen-bond acceptors (Lipinski definition) is 6. The van der Waals surface area contributed by atoms with Crippen LogP contribution in [0.5, 0.6) is 0 Å². The van der Waals surface area contributed by atoms with Gasteiger partial charge in [-0.1, -0.05) is 12.5 Å². The molecule has 0 unspecified atom stereocenters. The van der Waals surface area contributed by atoms with Gasteiger partial charge in [0.15, 0.2) is 5.13 Å². The van der Waals surface area contributed by atoms with Crippen LogP contribution >= 0.6 is 11.3 Å². The van der Waals surface area contributed by atoms with E-state index in [0.717, 1.165) is 30.6 Å². The number of methoxy groups -OCH3 is 1. The van der Waals surface area contributed by atoms with E-state index >= 15 is 0 Å². The third-order valence-electron chi connectivity index (χ3n) is 3.96. The monoisotopic (exact) mass is 318 g/mol. The molecule has 5 nitrogen and oxygen atoms in total. The molecule has 0 aromatic carbocycles. The van der Waals surface area contributed by atoms with Crippen LogP contribution in [-0.2, 0) is 4.74 Å². The number of ether oxygens (including phenoxy) is 1. The molecule has 1 fully saturated rings. The van der Waals surface area contributed by atoms with Crippen molar-refractivity contribution < 1.29 is 4.74 Å². The van der Waals surface area contributed by atoms with Gasteiger partial charge in [-0.2, -0.15) is 0 Å². The molecule has 1 atom stereocenters. The fourth-order valence-electron chi connectivity index (χ4n) is 2.84. The summed E-state index contributed by atoms with van der Waals surface area (Å²) in [4.78, 5) is 11.5. The van der Waals surface area contributed by atoms with Crippen LogP contribution < -0.4 is 5.32 Å². The zero-order valence-electron chi connectivity index (χ0n) is 12.9. The van der Waals surface area contributed by atoms with Crippen LogP contribution in [0.3, 0.4) is 0 Å². The maximum atomic E-state index is 5.23. The predicted molar refractivity (Wildman–Crippen MR) is 89.7 cm³/mol. The maximum absolute atomic E-state index is 5.23. The van der Waals surface area contributed by atoms with E-state index in [0.29, 0.717) is 6.04 Å². The molecule has 6 heteroatoms. The predicted octanol–water partition coefficient (Wildman–Crippen LogP) is 3.46. The minimum absolute atomic E-state index is 0.416. The molecule has 3 heterocycles. The first-order valence-electron chi connectivity index (χ1n) is 7.73. The van der Waals surface area contributed by atoms with E-state index in [2.05, 4.69) is 20.6 Å². The number of piperidine rings is 1. The van der Waals surface area contributed by atoms with Gasteiger partial charge in [-0.25, -0.2) is 9.97 Å². The highest BCUT2D eigenvalue weighted by Crippen LogP contribution is 2.33. The molecule has 0 bridgehead atoms. The van der Waals surface area contributed by atoms with E-state index in [1.165, 1.54) is 25.0 Å². The Kier molecular flexibility index (Phi) is 5.37. The number of nitrogens with zero attached hydrogens (tertiary/aromatic N) is 3. The van der Waals surface area contributed by atoms with E-state index in [1.807, 2.05) is 18.2 Å². The summed E-state index contributed by atoms with van der Waals surface area (Å²) in [5.41, 5.74) is 1.17. The molecule has 2 aromatic rings. The first-order chi connectivity index (χ1) is 10.9. The van der Waals surface area contributed by atoms with Gasteiger partial charge in [0.25, 0.3) is 0 Å². The van der Waals surface area contributed by atoms with Gasteiger partial charge in [-0.15, -0.1) is 11.3 Å². The Morgan fingerprint density at radius 1 is 1.41 bits per heavy atom. The van der Waals surface area contributed by atoms with Crippen LogP contribution in [0.4, 0.5) is 10.9 Å². The van der Waals surface area contributed by atoms with Crippen molar-refractivity contribution in [3.05, 3.63) is 35.5 Å². The van der Waals surface area contributed by atoms with Gasteiger partial charge in [0, 0.05) is 25.2 Å². The number of pyridine rings is 1. The normalized spacial score (nSPS) is 19.2. The highest BCUT2D eigenvalue weighted by Gasteiger charge is 2.25. The van der Waals surface area contributed by atoms with Gasteiger partial charge < -0.3 is 10.1 Å². The lowest BCUT2D eigenvalue weighted by Gasteiger charge is -2.34. The molecule has 0 saturated carbocycles. The van der Waals surface area contributed by atoms with Gasteiger partial charge in [0.2, 0.25) is 0 Å². The summed E-state index contributed by atoms with van der Waals surface area (Å²) in [5.74, 6) is 0.836. The van der Waals surface area contributed by atoms with E-state index in [1.54, 1.807) is 24.6 Å². The molecule has 1 saturated heterocycles. The Bertz CT molecular complexity index is 575. The van der Waals surface area contributed by atoms with E-state index in [9.17, 15) is 0 Å². The van der Waals surface area contributed by atoms with Crippen LogP contribution in [0.2, 0.25) is 0 Å². The molecule has 1 aliphatic rings. The zero-order valence-corrected chi connectivity index (χ0v) is 13.7. The SMILES string of the molecule is COCCN1CCCC[C@@H]1c1csc(Nc2ccccn2)n1. The number of aromatic nitrogens is 2. The number of nitrogens with one attached hydrogen (secondary N) is 1. The minimum atomic E-state index is 0.416. The van der Waals surface area contributed by atoms with Crippen LogP contribution in [0, 0.1) is 0 Å². The standard InChI is InChI=1S/C16H22N4OS/c1-21-11-10-20-9-5-3-6-14(20)13-12-22-16(18-13)19-15-7-2-4-8-17-15/h2,4,7-8,12,14H,3,5-6,9-11H2,1H3,(H,17,18,19)/t14-/m1/s1. The van der Waals surface area contributed by atoms with Crippen molar-refractivity contribution in [2.24, 2.45) is 0 Å². The van der Waals surface area contributed by atoms with Crippen molar-refractivity contribution in [2.45, 2.75) is 25.3 Å². The Morgan fingerprint density at radius 2 is 2.36 bits per heavy atom. The maximum Gasteiger partial charge on any atom is 0.188 e. The molecule has 0 amide bonds. The molecular formula is C16H22N4OS. The zero-order chi connectivity index (χ0) is 15.2. The fourth-order valence-corrected chi connectivity index (χ4v) is 3.61. The second kappa shape index (κ2) is 7.67. The van der Waals surface area contributed by atoms with Crippen LogP contribution in [0.25, 0.3) is 0 Å². The molecule has 118 valence electrons. The van der Waals surface area contributed by atoms with Crippen LogP contribution in [0.15, 0.2) is 29.8 Å². The van der Waals surface area contributed by atoms with E-state index < -0.39 is 0 Å². The number of thiazole rings is 1. The summed E-state index contributed by atoms with van der Waals surface area (Å²) in [5, 5.41) is 6.35. The number of rotatable bonds is 6.